The maximum absolute atomic E-state index is 13.4. The van der Waals surface area contributed by atoms with Gasteiger partial charge in [0.15, 0.2) is 0 Å². The molecule has 6 rings (SSSR count). The fourth-order valence-corrected chi connectivity index (χ4v) is 6.92. The third-order valence-electron chi connectivity index (χ3n) is 7.21. The Hall–Kier alpha value is -3.88. The molecule has 4 aromatic carbocycles. The van der Waals surface area contributed by atoms with Crippen LogP contribution in [0.15, 0.2) is 92.4 Å². The van der Waals surface area contributed by atoms with Gasteiger partial charge in [-0.25, -0.2) is 9.36 Å². The smallest absolute Gasteiger partial charge is 0.285 e. The second-order valence-electron chi connectivity index (χ2n) is 9.50. The minimum absolute atomic E-state index is 0.141. The van der Waals surface area contributed by atoms with Crippen LogP contribution in [-0.4, -0.2) is 19.6 Å². The average Bonchev–Trinajstić information content (AvgIpc) is 3.46. The lowest BCUT2D eigenvalue weighted by atomic mass is 10.00. The minimum atomic E-state index is -0.141. The standard InChI is InChI=1S/C30H26N4O2S2/c1-17-13-21-9-5-7-11-23(21)27(19(17)3)33-29(35)25(15-31-33)37-38-26-16-32-34(30(26)36)28-20(4)18(2)14-22-10-6-8-12-24(22)28/h5-16,31-32H,1-4H3. The number of hydrogen-bond donors (Lipinski definition) is 2. The van der Waals surface area contributed by atoms with Crippen LogP contribution in [0.5, 0.6) is 0 Å². The van der Waals surface area contributed by atoms with Gasteiger partial charge < -0.3 is 0 Å². The largest absolute Gasteiger partial charge is 0.297 e. The van der Waals surface area contributed by atoms with Gasteiger partial charge in [0.1, 0.15) is 9.79 Å². The van der Waals surface area contributed by atoms with E-state index in [0.717, 1.165) is 55.2 Å². The van der Waals surface area contributed by atoms with Crippen LogP contribution in [0.25, 0.3) is 32.9 Å². The van der Waals surface area contributed by atoms with E-state index in [1.807, 2.05) is 50.2 Å². The zero-order valence-electron chi connectivity index (χ0n) is 21.5. The van der Waals surface area contributed by atoms with Gasteiger partial charge in [-0.1, -0.05) is 60.7 Å². The van der Waals surface area contributed by atoms with Gasteiger partial charge in [-0.3, -0.25) is 19.8 Å². The number of rotatable bonds is 5. The first-order chi connectivity index (χ1) is 18.3. The van der Waals surface area contributed by atoms with Crippen molar-refractivity contribution in [3.05, 3.63) is 116 Å². The van der Waals surface area contributed by atoms with E-state index in [0.29, 0.717) is 9.79 Å². The highest BCUT2D eigenvalue weighted by atomic mass is 33.1. The minimum Gasteiger partial charge on any atom is -0.297 e. The zero-order valence-corrected chi connectivity index (χ0v) is 23.1. The fourth-order valence-electron chi connectivity index (χ4n) is 4.96. The van der Waals surface area contributed by atoms with E-state index in [2.05, 4.69) is 48.3 Å². The van der Waals surface area contributed by atoms with Crippen molar-refractivity contribution in [1.29, 1.82) is 0 Å². The van der Waals surface area contributed by atoms with E-state index < -0.39 is 0 Å². The summed E-state index contributed by atoms with van der Waals surface area (Å²) in [6.45, 7) is 8.18. The lowest BCUT2D eigenvalue weighted by molar-refractivity contribution is 0.844. The molecule has 2 N–H and O–H groups in total. The van der Waals surface area contributed by atoms with Gasteiger partial charge >= 0.3 is 0 Å². The predicted octanol–water partition coefficient (Wildman–Crippen LogP) is 6.98. The molecule has 0 atom stereocenters. The van der Waals surface area contributed by atoms with Gasteiger partial charge in [-0.2, -0.15) is 0 Å². The molecule has 6 nitrogen and oxygen atoms in total. The van der Waals surface area contributed by atoms with Gasteiger partial charge in [-0.15, -0.1) is 0 Å². The Morgan fingerprint density at radius 1 is 0.605 bits per heavy atom. The third-order valence-corrected chi connectivity index (χ3v) is 9.57. The maximum Gasteiger partial charge on any atom is 0.285 e. The summed E-state index contributed by atoms with van der Waals surface area (Å²) in [6.07, 6.45) is 3.42. The Morgan fingerprint density at radius 3 is 1.42 bits per heavy atom. The van der Waals surface area contributed by atoms with Gasteiger partial charge in [0.25, 0.3) is 11.1 Å². The van der Waals surface area contributed by atoms with E-state index >= 15 is 0 Å². The maximum atomic E-state index is 13.4. The normalized spacial score (nSPS) is 11.6. The van der Waals surface area contributed by atoms with Gasteiger partial charge in [0, 0.05) is 23.2 Å². The molecule has 2 aromatic heterocycles. The van der Waals surface area contributed by atoms with Crippen LogP contribution in [-0.2, 0) is 0 Å². The molecule has 0 saturated carbocycles. The van der Waals surface area contributed by atoms with Crippen LogP contribution in [0.4, 0.5) is 0 Å². The summed E-state index contributed by atoms with van der Waals surface area (Å²) in [5, 5.41) is 10.5. The number of benzene rings is 4. The number of aromatic nitrogens is 4. The van der Waals surface area contributed by atoms with Crippen molar-refractivity contribution in [1.82, 2.24) is 19.6 Å². The Kier molecular flexibility index (Phi) is 6.08. The molecule has 0 aliphatic rings. The molecule has 0 bridgehead atoms. The van der Waals surface area contributed by atoms with E-state index in [4.69, 9.17) is 0 Å². The topological polar surface area (TPSA) is 75.6 Å². The molecule has 38 heavy (non-hydrogen) atoms. The predicted molar refractivity (Wildman–Crippen MR) is 158 cm³/mol. The Bertz CT molecular complexity index is 1830. The first-order valence-corrected chi connectivity index (χ1v) is 14.4. The van der Waals surface area contributed by atoms with E-state index in [-0.39, 0.29) is 11.1 Å². The molecular weight excluding hydrogens is 512 g/mol. The van der Waals surface area contributed by atoms with Gasteiger partial charge in [0.05, 0.1) is 11.4 Å². The molecule has 6 aromatic rings. The summed E-state index contributed by atoms with van der Waals surface area (Å²) in [7, 11) is 2.57. The van der Waals surface area contributed by atoms with Gasteiger partial charge in [0.2, 0.25) is 0 Å². The number of fused-ring (bicyclic) bond motifs is 2. The highest BCUT2D eigenvalue weighted by molar-refractivity contribution is 8.76. The average molecular weight is 539 g/mol. The molecular formula is C30H26N4O2S2. The number of aryl methyl sites for hydroxylation is 2. The van der Waals surface area contributed by atoms with E-state index in [9.17, 15) is 9.59 Å². The van der Waals surface area contributed by atoms with E-state index in [1.54, 1.807) is 21.8 Å². The van der Waals surface area contributed by atoms with Crippen molar-refractivity contribution in [2.45, 2.75) is 37.5 Å². The molecule has 190 valence electrons. The van der Waals surface area contributed by atoms with Crippen LogP contribution < -0.4 is 11.1 Å². The van der Waals surface area contributed by atoms with Crippen LogP contribution in [0, 0.1) is 27.7 Å². The number of nitrogens with one attached hydrogen (secondary N) is 2. The molecule has 8 heteroatoms. The summed E-state index contributed by atoms with van der Waals surface area (Å²) >= 11 is 0. The van der Waals surface area contributed by atoms with E-state index in [1.165, 1.54) is 21.6 Å². The molecule has 0 unspecified atom stereocenters. The molecule has 2 heterocycles. The lowest BCUT2D eigenvalue weighted by Crippen LogP contribution is -2.18. The number of aromatic amines is 2. The first-order valence-electron chi connectivity index (χ1n) is 12.3. The van der Waals surface area contributed by atoms with Crippen LogP contribution in [0.3, 0.4) is 0 Å². The molecule has 0 amide bonds. The summed E-state index contributed by atoms with van der Waals surface area (Å²) in [4.78, 5) is 28.0. The summed E-state index contributed by atoms with van der Waals surface area (Å²) < 4.78 is 3.20. The second-order valence-corrected chi connectivity index (χ2v) is 11.7. The first kappa shape index (κ1) is 24.5. The highest BCUT2D eigenvalue weighted by Crippen LogP contribution is 2.35. The Balaban J connectivity index is 1.35. The zero-order chi connectivity index (χ0) is 26.6. The lowest BCUT2D eigenvalue weighted by Gasteiger charge is -2.13. The molecule has 0 aliphatic heterocycles. The summed E-state index contributed by atoms with van der Waals surface area (Å²) in [5.74, 6) is 0. The molecule has 0 aliphatic carbocycles. The Morgan fingerprint density at radius 2 is 1.00 bits per heavy atom. The fraction of sp³-hybridized carbons (Fsp3) is 0.133. The SMILES string of the molecule is Cc1cc2ccccc2c(-n2[nH]cc(SSc3c[nH]n(-c4c(C)c(C)cc5ccccc45)c3=O)c2=O)c1C. The molecule has 0 spiro atoms. The summed E-state index contributed by atoms with van der Waals surface area (Å²) in [6, 6.07) is 20.4. The number of H-pyrrole nitrogens is 2. The van der Waals surface area contributed by atoms with Crippen molar-refractivity contribution in [2.24, 2.45) is 0 Å². The van der Waals surface area contributed by atoms with Crippen molar-refractivity contribution in [2.75, 3.05) is 0 Å². The molecule has 0 fully saturated rings. The second kappa shape index (κ2) is 9.45. The summed E-state index contributed by atoms with van der Waals surface area (Å²) in [5.41, 5.74) is 5.76. The quantitative estimate of drug-likeness (QED) is 0.232. The van der Waals surface area contributed by atoms with Crippen molar-refractivity contribution >= 4 is 43.1 Å². The van der Waals surface area contributed by atoms with Gasteiger partial charge in [-0.05, 0) is 82.3 Å². The van der Waals surface area contributed by atoms with Crippen LogP contribution in [0.1, 0.15) is 22.3 Å². The van der Waals surface area contributed by atoms with Crippen molar-refractivity contribution < 1.29 is 0 Å². The monoisotopic (exact) mass is 538 g/mol. The third kappa shape index (κ3) is 3.92. The van der Waals surface area contributed by atoms with Crippen molar-refractivity contribution in [3.8, 4) is 11.4 Å². The highest BCUT2D eigenvalue weighted by Gasteiger charge is 2.18. The molecule has 0 radical (unpaired) electrons. The number of hydrogen-bond acceptors (Lipinski definition) is 4. The number of nitrogens with zero attached hydrogens (tertiary/aromatic N) is 2. The van der Waals surface area contributed by atoms with Crippen LogP contribution >= 0.6 is 21.6 Å². The van der Waals surface area contributed by atoms with Crippen molar-refractivity contribution in [3.63, 3.8) is 0 Å². The van der Waals surface area contributed by atoms with Crippen LogP contribution in [0.2, 0.25) is 0 Å². The molecule has 0 saturated heterocycles. The Labute approximate surface area is 227 Å².